The molecule has 0 aliphatic carbocycles. The summed E-state index contributed by atoms with van der Waals surface area (Å²) in [6.45, 7) is 1.82. The lowest BCUT2D eigenvalue weighted by Crippen LogP contribution is -2.31. The Bertz CT molecular complexity index is 990. The van der Waals surface area contributed by atoms with E-state index in [-0.39, 0.29) is 11.5 Å². The first kappa shape index (κ1) is 19.0. The van der Waals surface area contributed by atoms with Crippen LogP contribution < -0.4 is 27.9 Å². The summed E-state index contributed by atoms with van der Waals surface area (Å²) in [4.78, 5) is 12.1. The number of hydrazine groups is 1. The van der Waals surface area contributed by atoms with Gasteiger partial charge >= 0.3 is 6.03 Å². The van der Waals surface area contributed by atoms with E-state index in [1.54, 1.807) is 48.7 Å². The van der Waals surface area contributed by atoms with Gasteiger partial charge in [-0.05, 0) is 48.4 Å². The fourth-order valence-electron chi connectivity index (χ4n) is 2.81. The average molecular weight is 380 g/mol. The van der Waals surface area contributed by atoms with Crippen LogP contribution in [0.2, 0.25) is 0 Å². The standard InChI is InChI=1S/C20H21FN6O/c1-12-4-9-16(21)17(11-12)26-20(28)25-14-7-5-13(6-8-14)15-3-2-10-27(24)18(15)19(22)23/h2-11H,22-24H2,1H3,(H2,25,26,28). The van der Waals surface area contributed by atoms with Crippen molar-refractivity contribution in [1.82, 2.24) is 5.01 Å². The van der Waals surface area contributed by atoms with E-state index < -0.39 is 11.8 Å². The molecule has 0 radical (unpaired) electrons. The van der Waals surface area contributed by atoms with Gasteiger partial charge in [0.1, 0.15) is 17.3 Å². The highest BCUT2D eigenvalue weighted by molar-refractivity contribution is 6.00. The van der Waals surface area contributed by atoms with Gasteiger partial charge in [-0.3, -0.25) is 5.01 Å². The summed E-state index contributed by atoms with van der Waals surface area (Å²) < 4.78 is 13.8. The summed E-state index contributed by atoms with van der Waals surface area (Å²) in [5.74, 6) is 5.49. The van der Waals surface area contributed by atoms with E-state index >= 15 is 0 Å². The molecule has 2 amide bonds. The highest BCUT2D eigenvalue weighted by Crippen LogP contribution is 2.29. The van der Waals surface area contributed by atoms with Gasteiger partial charge in [-0.25, -0.2) is 15.0 Å². The smallest absolute Gasteiger partial charge is 0.323 e. The Kier molecular flexibility index (Phi) is 5.32. The van der Waals surface area contributed by atoms with E-state index in [9.17, 15) is 9.18 Å². The molecule has 1 aliphatic heterocycles. The largest absolute Gasteiger partial charge is 0.384 e. The van der Waals surface area contributed by atoms with Gasteiger partial charge in [0.05, 0.1) is 5.69 Å². The quantitative estimate of drug-likeness (QED) is 0.524. The first-order valence-corrected chi connectivity index (χ1v) is 8.48. The van der Waals surface area contributed by atoms with Gasteiger partial charge in [0, 0.05) is 17.5 Å². The Morgan fingerprint density at radius 3 is 2.46 bits per heavy atom. The fraction of sp³-hybridized carbons (Fsp3) is 0.0500. The van der Waals surface area contributed by atoms with Gasteiger partial charge in [0.25, 0.3) is 0 Å². The number of nitrogens with zero attached hydrogens (tertiary/aromatic N) is 1. The maximum absolute atomic E-state index is 13.8. The summed E-state index contributed by atoms with van der Waals surface area (Å²) in [6, 6.07) is 11.0. The first-order chi connectivity index (χ1) is 13.3. The molecule has 1 heterocycles. The minimum absolute atomic E-state index is 0.0971. The number of nitrogens with one attached hydrogen (secondary N) is 2. The maximum atomic E-state index is 13.8. The van der Waals surface area contributed by atoms with Crippen LogP contribution in [0.25, 0.3) is 5.57 Å². The van der Waals surface area contributed by atoms with Crippen LogP contribution >= 0.6 is 0 Å². The Morgan fingerprint density at radius 1 is 1.07 bits per heavy atom. The molecule has 0 saturated heterocycles. The lowest BCUT2D eigenvalue weighted by molar-refractivity contribution is 0.262. The summed E-state index contributed by atoms with van der Waals surface area (Å²) in [7, 11) is 0. The van der Waals surface area contributed by atoms with E-state index in [0.717, 1.165) is 16.7 Å². The van der Waals surface area contributed by atoms with Crippen LogP contribution in [-0.4, -0.2) is 11.0 Å². The normalized spacial score (nSPS) is 13.2. The SMILES string of the molecule is Cc1ccc(F)c(NC(=O)Nc2ccc(C3=CC=CN(N)C3=C(N)N)cc2)c1. The molecule has 2 aromatic carbocycles. The maximum Gasteiger partial charge on any atom is 0.323 e. The zero-order chi connectivity index (χ0) is 20.3. The van der Waals surface area contributed by atoms with Crippen LogP contribution in [-0.2, 0) is 0 Å². The van der Waals surface area contributed by atoms with Gasteiger partial charge in [-0.2, -0.15) is 0 Å². The fourth-order valence-corrected chi connectivity index (χ4v) is 2.81. The highest BCUT2D eigenvalue weighted by atomic mass is 19.1. The molecule has 7 nitrogen and oxygen atoms in total. The zero-order valence-electron chi connectivity index (χ0n) is 15.2. The molecule has 0 unspecified atom stereocenters. The van der Waals surface area contributed by atoms with Crippen molar-refractivity contribution in [3.8, 4) is 0 Å². The number of halogens is 1. The molecule has 8 N–H and O–H groups in total. The van der Waals surface area contributed by atoms with Gasteiger partial charge in [-0.1, -0.05) is 24.3 Å². The van der Waals surface area contributed by atoms with Crippen molar-refractivity contribution in [2.45, 2.75) is 6.92 Å². The number of carbonyl (C=O) groups excluding carboxylic acids is 1. The second kappa shape index (κ2) is 7.85. The Morgan fingerprint density at radius 2 is 1.79 bits per heavy atom. The van der Waals surface area contributed by atoms with Gasteiger partial charge < -0.3 is 22.1 Å². The predicted molar refractivity (Wildman–Crippen MR) is 109 cm³/mol. The molecular weight excluding hydrogens is 359 g/mol. The number of allylic oxidation sites excluding steroid dienone is 3. The first-order valence-electron chi connectivity index (χ1n) is 8.48. The number of carbonyl (C=O) groups is 1. The lowest BCUT2D eigenvalue weighted by atomic mass is 10.00. The summed E-state index contributed by atoms with van der Waals surface area (Å²) in [6.07, 6.45) is 5.26. The van der Waals surface area contributed by atoms with E-state index in [2.05, 4.69) is 10.6 Å². The molecule has 0 bridgehead atoms. The Balaban J connectivity index is 1.73. The van der Waals surface area contributed by atoms with Crippen molar-refractivity contribution in [3.05, 3.63) is 89.3 Å². The van der Waals surface area contributed by atoms with Crippen LogP contribution in [0.15, 0.2) is 72.3 Å². The van der Waals surface area contributed by atoms with Crippen LogP contribution in [0, 0.1) is 12.7 Å². The van der Waals surface area contributed by atoms with Gasteiger partial charge in [0.15, 0.2) is 0 Å². The number of aryl methyl sites for hydroxylation is 1. The number of nitrogens with two attached hydrogens (primary N) is 3. The van der Waals surface area contributed by atoms with Crippen molar-refractivity contribution >= 4 is 23.0 Å². The van der Waals surface area contributed by atoms with E-state index in [1.165, 1.54) is 11.1 Å². The molecule has 2 aromatic rings. The molecule has 3 rings (SSSR count). The van der Waals surface area contributed by atoms with Crippen molar-refractivity contribution in [1.29, 1.82) is 0 Å². The minimum atomic E-state index is -0.544. The predicted octanol–water partition coefficient (Wildman–Crippen LogP) is 2.95. The number of rotatable bonds is 3. The molecule has 144 valence electrons. The van der Waals surface area contributed by atoms with Crippen molar-refractivity contribution in [3.63, 3.8) is 0 Å². The van der Waals surface area contributed by atoms with E-state index in [4.69, 9.17) is 17.3 Å². The van der Waals surface area contributed by atoms with Gasteiger partial charge in [0.2, 0.25) is 0 Å². The Labute approximate surface area is 162 Å². The average Bonchev–Trinajstić information content (AvgIpc) is 2.65. The third kappa shape index (κ3) is 4.13. The third-order valence-electron chi connectivity index (χ3n) is 4.12. The van der Waals surface area contributed by atoms with E-state index in [1.807, 2.05) is 13.0 Å². The minimum Gasteiger partial charge on any atom is -0.384 e. The van der Waals surface area contributed by atoms with Crippen LogP contribution in [0.5, 0.6) is 0 Å². The van der Waals surface area contributed by atoms with E-state index in [0.29, 0.717) is 11.4 Å². The van der Waals surface area contributed by atoms with Crippen molar-refractivity contribution in [2.75, 3.05) is 10.6 Å². The molecule has 1 aliphatic rings. The topological polar surface area (TPSA) is 122 Å². The molecule has 0 spiro atoms. The van der Waals surface area contributed by atoms with Crippen LogP contribution in [0.3, 0.4) is 0 Å². The Hall–Kier alpha value is -3.78. The summed E-state index contributed by atoms with van der Waals surface area (Å²) in [5, 5.41) is 6.51. The molecule has 28 heavy (non-hydrogen) atoms. The second-order valence-corrected chi connectivity index (χ2v) is 6.27. The molecule has 8 heteroatoms. The molecule has 0 atom stereocenters. The van der Waals surface area contributed by atoms with Crippen molar-refractivity contribution in [2.24, 2.45) is 17.3 Å². The number of urea groups is 1. The summed E-state index contributed by atoms with van der Waals surface area (Å²) in [5.41, 5.74) is 15.0. The summed E-state index contributed by atoms with van der Waals surface area (Å²) >= 11 is 0. The molecular formula is C20H21FN6O. The van der Waals surface area contributed by atoms with Crippen molar-refractivity contribution < 1.29 is 9.18 Å². The molecule has 0 fully saturated rings. The number of hydrogen-bond acceptors (Lipinski definition) is 5. The number of benzene rings is 2. The molecule has 0 aromatic heterocycles. The number of amides is 2. The van der Waals surface area contributed by atoms with Crippen LogP contribution in [0.4, 0.5) is 20.6 Å². The monoisotopic (exact) mass is 380 g/mol. The highest BCUT2D eigenvalue weighted by Gasteiger charge is 2.17. The third-order valence-corrected chi connectivity index (χ3v) is 4.12. The molecule has 0 saturated carbocycles. The second-order valence-electron chi connectivity index (χ2n) is 6.27. The zero-order valence-corrected chi connectivity index (χ0v) is 15.2. The lowest BCUT2D eigenvalue weighted by Gasteiger charge is -2.24. The van der Waals surface area contributed by atoms with Gasteiger partial charge in [-0.15, -0.1) is 0 Å². The number of anilines is 2. The van der Waals surface area contributed by atoms with Crippen LogP contribution in [0.1, 0.15) is 11.1 Å². The number of hydrogen-bond donors (Lipinski definition) is 5.